The molecule has 0 aliphatic carbocycles. The maximum atomic E-state index is 12.2. The monoisotopic (exact) mass is 291 g/mol. The average molecular weight is 291 g/mol. The largest absolute Gasteiger partial charge is 0.377 e. The fraction of sp³-hybridized carbons (Fsp3) is 0.562. The first-order valence-electron chi connectivity index (χ1n) is 7.64. The average Bonchev–Trinajstić information content (AvgIpc) is 2.48. The van der Waals surface area contributed by atoms with Crippen molar-refractivity contribution in [2.45, 2.75) is 32.4 Å². The third-order valence-electron chi connectivity index (χ3n) is 3.74. The van der Waals surface area contributed by atoms with Gasteiger partial charge in [-0.3, -0.25) is 9.69 Å². The summed E-state index contributed by atoms with van der Waals surface area (Å²) in [5, 5.41) is 2.95. The molecule has 1 fully saturated rings. The molecule has 0 aromatic heterocycles. The molecular weight excluding hydrogens is 266 g/mol. The van der Waals surface area contributed by atoms with Gasteiger partial charge in [-0.1, -0.05) is 18.2 Å². The van der Waals surface area contributed by atoms with Crippen LogP contribution in [0.15, 0.2) is 24.3 Å². The molecule has 1 aliphatic rings. The molecule has 1 aromatic carbocycles. The summed E-state index contributed by atoms with van der Waals surface area (Å²) in [4.78, 5) is 14.3. The van der Waals surface area contributed by atoms with Crippen molar-refractivity contribution in [2.24, 2.45) is 5.73 Å². The molecule has 0 saturated carbocycles. The number of nitrogens with two attached hydrogens (primary N) is 1. The van der Waals surface area contributed by atoms with Crippen LogP contribution in [0, 0.1) is 0 Å². The van der Waals surface area contributed by atoms with E-state index in [2.05, 4.69) is 10.2 Å². The molecule has 1 unspecified atom stereocenters. The van der Waals surface area contributed by atoms with Crippen LogP contribution < -0.4 is 11.1 Å². The number of carbonyl (C=O) groups is 1. The SMILES string of the molecule is CCOC1CCCN(CC(=O)Nc2ccccc2CN)C1. The Morgan fingerprint density at radius 2 is 2.29 bits per heavy atom. The zero-order valence-electron chi connectivity index (χ0n) is 12.7. The molecule has 0 spiro atoms. The van der Waals surface area contributed by atoms with Crippen molar-refractivity contribution in [3.63, 3.8) is 0 Å². The van der Waals surface area contributed by atoms with Gasteiger partial charge in [-0.25, -0.2) is 0 Å². The minimum Gasteiger partial charge on any atom is -0.377 e. The molecule has 2 rings (SSSR count). The van der Waals surface area contributed by atoms with Crippen LogP contribution in [-0.2, 0) is 16.1 Å². The number of nitrogens with zero attached hydrogens (tertiary/aromatic N) is 1. The summed E-state index contributed by atoms with van der Waals surface area (Å²) in [5.41, 5.74) is 7.45. The summed E-state index contributed by atoms with van der Waals surface area (Å²) in [5.74, 6) is 0.00745. The van der Waals surface area contributed by atoms with Gasteiger partial charge in [0.2, 0.25) is 5.91 Å². The van der Waals surface area contributed by atoms with Crippen molar-refractivity contribution in [2.75, 3.05) is 31.6 Å². The predicted molar refractivity (Wildman–Crippen MR) is 84.1 cm³/mol. The number of ether oxygens (including phenoxy) is 1. The van der Waals surface area contributed by atoms with Crippen molar-refractivity contribution >= 4 is 11.6 Å². The van der Waals surface area contributed by atoms with Crippen LogP contribution in [0.3, 0.4) is 0 Å². The summed E-state index contributed by atoms with van der Waals surface area (Å²) in [6.07, 6.45) is 2.42. The van der Waals surface area contributed by atoms with E-state index >= 15 is 0 Å². The number of anilines is 1. The first-order chi connectivity index (χ1) is 10.2. The summed E-state index contributed by atoms with van der Waals surface area (Å²) in [7, 11) is 0. The lowest BCUT2D eigenvalue weighted by Crippen LogP contribution is -2.43. The molecule has 5 nitrogen and oxygen atoms in total. The number of piperidine rings is 1. The van der Waals surface area contributed by atoms with Crippen LogP contribution in [0.25, 0.3) is 0 Å². The summed E-state index contributed by atoms with van der Waals surface area (Å²) in [6, 6.07) is 7.65. The van der Waals surface area contributed by atoms with Gasteiger partial charge < -0.3 is 15.8 Å². The van der Waals surface area contributed by atoms with Gasteiger partial charge >= 0.3 is 0 Å². The van der Waals surface area contributed by atoms with E-state index in [0.29, 0.717) is 13.1 Å². The summed E-state index contributed by atoms with van der Waals surface area (Å²) in [6.45, 7) is 5.36. The molecule has 21 heavy (non-hydrogen) atoms. The summed E-state index contributed by atoms with van der Waals surface area (Å²) < 4.78 is 5.66. The van der Waals surface area contributed by atoms with E-state index in [1.165, 1.54) is 0 Å². The molecule has 116 valence electrons. The third kappa shape index (κ3) is 4.81. The van der Waals surface area contributed by atoms with Crippen molar-refractivity contribution in [1.82, 2.24) is 4.90 Å². The first-order valence-corrected chi connectivity index (χ1v) is 7.64. The fourth-order valence-corrected chi connectivity index (χ4v) is 2.74. The van der Waals surface area contributed by atoms with Crippen LogP contribution >= 0.6 is 0 Å². The zero-order chi connectivity index (χ0) is 15.1. The predicted octanol–water partition coefficient (Wildman–Crippen LogP) is 1.58. The van der Waals surface area contributed by atoms with Crippen molar-refractivity contribution in [1.29, 1.82) is 0 Å². The number of para-hydroxylation sites is 1. The number of hydrogen-bond donors (Lipinski definition) is 2. The number of amides is 1. The number of carbonyl (C=O) groups excluding carboxylic acids is 1. The van der Waals surface area contributed by atoms with Crippen molar-refractivity contribution < 1.29 is 9.53 Å². The highest BCUT2D eigenvalue weighted by molar-refractivity contribution is 5.93. The van der Waals surface area contributed by atoms with Crippen LogP contribution in [0.5, 0.6) is 0 Å². The van der Waals surface area contributed by atoms with Gasteiger partial charge in [-0.05, 0) is 37.9 Å². The Labute approximate surface area is 126 Å². The van der Waals surface area contributed by atoms with Crippen LogP contribution in [0.2, 0.25) is 0 Å². The number of likely N-dealkylation sites (tertiary alicyclic amines) is 1. The van der Waals surface area contributed by atoms with Gasteiger partial charge in [-0.2, -0.15) is 0 Å². The molecule has 1 amide bonds. The smallest absolute Gasteiger partial charge is 0.238 e. The Hall–Kier alpha value is -1.43. The van der Waals surface area contributed by atoms with E-state index in [4.69, 9.17) is 10.5 Å². The minimum absolute atomic E-state index is 0.00745. The molecule has 1 atom stereocenters. The van der Waals surface area contributed by atoms with Crippen LogP contribution in [-0.4, -0.2) is 43.2 Å². The first kappa shape index (κ1) is 15.9. The summed E-state index contributed by atoms with van der Waals surface area (Å²) >= 11 is 0. The normalized spacial score (nSPS) is 19.4. The second-order valence-electron chi connectivity index (χ2n) is 5.36. The minimum atomic E-state index is 0.00745. The van der Waals surface area contributed by atoms with E-state index < -0.39 is 0 Å². The highest BCUT2D eigenvalue weighted by Gasteiger charge is 2.21. The molecule has 0 radical (unpaired) electrons. The second-order valence-corrected chi connectivity index (χ2v) is 5.36. The number of hydrogen-bond acceptors (Lipinski definition) is 4. The van der Waals surface area contributed by atoms with Gasteiger partial charge in [0, 0.05) is 25.4 Å². The molecule has 0 bridgehead atoms. The Morgan fingerprint density at radius 1 is 1.48 bits per heavy atom. The van der Waals surface area contributed by atoms with Crippen molar-refractivity contribution in [3.8, 4) is 0 Å². The highest BCUT2D eigenvalue weighted by atomic mass is 16.5. The maximum Gasteiger partial charge on any atom is 0.238 e. The van der Waals surface area contributed by atoms with E-state index in [1.807, 2.05) is 31.2 Å². The lowest BCUT2D eigenvalue weighted by molar-refractivity contribution is -0.118. The Kier molecular flexibility index (Phi) is 6.17. The van der Waals surface area contributed by atoms with E-state index in [9.17, 15) is 4.79 Å². The number of benzene rings is 1. The number of rotatable bonds is 6. The van der Waals surface area contributed by atoms with Gasteiger partial charge in [0.25, 0.3) is 0 Å². The quantitative estimate of drug-likeness (QED) is 0.835. The third-order valence-corrected chi connectivity index (χ3v) is 3.74. The fourth-order valence-electron chi connectivity index (χ4n) is 2.74. The Bertz CT molecular complexity index is 463. The molecule has 1 saturated heterocycles. The van der Waals surface area contributed by atoms with Gasteiger partial charge in [-0.15, -0.1) is 0 Å². The lowest BCUT2D eigenvalue weighted by atomic mass is 10.1. The Balaban J connectivity index is 1.86. The van der Waals surface area contributed by atoms with Gasteiger partial charge in [0.15, 0.2) is 0 Å². The lowest BCUT2D eigenvalue weighted by Gasteiger charge is -2.31. The Morgan fingerprint density at radius 3 is 3.05 bits per heavy atom. The van der Waals surface area contributed by atoms with E-state index in [1.54, 1.807) is 0 Å². The molecule has 1 aromatic rings. The zero-order valence-corrected chi connectivity index (χ0v) is 12.7. The standard InChI is InChI=1S/C16H25N3O2/c1-2-21-14-7-5-9-19(11-14)12-16(20)18-15-8-4-3-6-13(15)10-17/h3-4,6,8,14H,2,5,7,9-12,17H2,1H3,(H,18,20). The van der Waals surface area contributed by atoms with Gasteiger partial charge in [0.1, 0.15) is 0 Å². The topological polar surface area (TPSA) is 67.6 Å². The molecular formula is C16H25N3O2. The van der Waals surface area contributed by atoms with Crippen molar-refractivity contribution in [3.05, 3.63) is 29.8 Å². The molecule has 1 aliphatic heterocycles. The molecule has 1 heterocycles. The van der Waals surface area contributed by atoms with Crippen LogP contribution in [0.4, 0.5) is 5.69 Å². The van der Waals surface area contributed by atoms with Crippen LogP contribution in [0.1, 0.15) is 25.3 Å². The van der Waals surface area contributed by atoms with E-state index in [-0.39, 0.29) is 12.0 Å². The number of nitrogens with one attached hydrogen (secondary N) is 1. The maximum absolute atomic E-state index is 12.2. The second kappa shape index (κ2) is 8.12. The molecule has 5 heteroatoms. The highest BCUT2D eigenvalue weighted by Crippen LogP contribution is 2.15. The van der Waals surface area contributed by atoms with E-state index in [0.717, 1.165) is 43.8 Å². The van der Waals surface area contributed by atoms with Gasteiger partial charge in [0.05, 0.1) is 12.6 Å². The molecule has 3 N–H and O–H groups in total.